The largest absolute Gasteiger partial charge is 0.336 e. The topological polar surface area (TPSA) is 58.1 Å². The Labute approximate surface area is 120 Å². The number of hydrogen-bond donors (Lipinski definition) is 1. The van der Waals surface area contributed by atoms with Crippen molar-refractivity contribution >= 4 is 18.3 Å². The minimum atomic E-state index is 0. The van der Waals surface area contributed by atoms with Crippen LogP contribution in [-0.2, 0) is 6.42 Å². The predicted octanol–water partition coefficient (Wildman–Crippen LogP) is 1.20. The van der Waals surface area contributed by atoms with Gasteiger partial charge in [0.25, 0.3) is 5.91 Å². The maximum absolute atomic E-state index is 12.5. The molecule has 1 fully saturated rings. The highest BCUT2D eigenvalue weighted by Gasteiger charge is 2.23. The standard InChI is InChI=1S/C13H20N4O.ClH/c1-4-12-11(7-9(2)15-16-12)13(18)17-6-5-14-10(3)8-17;/h7,10,14H,4-6,8H2,1-3H3;1H/t10-;/m1./s1. The number of nitrogens with zero attached hydrogens (tertiary/aromatic N) is 3. The minimum absolute atomic E-state index is 0. The average Bonchev–Trinajstić information content (AvgIpc) is 2.38. The zero-order valence-corrected chi connectivity index (χ0v) is 12.5. The molecule has 0 bridgehead atoms. The molecule has 1 aliphatic heterocycles. The van der Waals surface area contributed by atoms with Crippen LogP contribution >= 0.6 is 12.4 Å². The fourth-order valence-corrected chi connectivity index (χ4v) is 2.25. The van der Waals surface area contributed by atoms with Crippen molar-refractivity contribution in [1.82, 2.24) is 20.4 Å². The third-order valence-corrected chi connectivity index (χ3v) is 3.21. The van der Waals surface area contributed by atoms with Crippen molar-refractivity contribution in [3.8, 4) is 0 Å². The second-order valence-electron chi connectivity index (χ2n) is 4.81. The van der Waals surface area contributed by atoms with Gasteiger partial charge in [-0.15, -0.1) is 12.4 Å². The van der Waals surface area contributed by atoms with Crippen LogP contribution in [0.15, 0.2) is 6.07 Å². The summed E-state index contributed by atoms with van der Waals surface area (Å²) < 4.78 is 0. The first-order chi connectivity index (χ1) is 8.61. The van der Waals surface area contributed by atoms with Crippen molar-refractivity contribution in [2.45, 2.75) is 33.2 Å². The fraction of sp³-hybridized carbons (Fsp3) is 0.615. The van der Waals surface area contributed by atoms with Crippen molar-refractivity contribution < 1.29 is 4.79 Å². The van der Waals surface area contributed by atoms with Crippen LogP contribution in [0, 0.1) is 6.92 Å². The molecule has 1 aromatic rings. The van der Waals surface area contributed by atoms with Gasteiger partial charge < -0.3 is 10.2 Å². The molecule has 19 heavy (non-hydrogen) atoms. The zero-order valence-electron chi connectivity index (χ0n) is 11.6. The molecule has 1 atom stereocenters. The van der Waals surface area contributed by atoms with Crippen LogP contribution in [0.3, 0.4) is 0 Å². The van der Waals surface area contributed by atoms with E-state index >= 15 is 0 Å². The lowest BCUT2D eigenvalue weighted by molar-refractivity contribution is 0.0707. The Morgan fingerprint density at radius 3 is 2.89 bits per heavy atom. The number of rotatable bonds is 2. The van der Waals surface area contributed by atoms with Crippen molar-refractivity contribution in [2.24, 2.45) is 0 Å². The van der Waals surface area contributed by atoms with Crippen molar-refractivity contribution in [2.75, 3.05) is 19.6 Å². The Balaban J connectivity index is 0.00000180. The van der Waals surface area contributed by atoms with Gasteiger partial charge in [0.2, 0.25) is 0 Å². The van der Waals surface area contributed by atoms with Gasteiger partial charge >= 0.3 is 0 Å². The Hall–Kier alpha value is -1.20. The van der Waals surface area contributed by atoms with Gasteiger partial charge in [0.1, 0.15) is 0 Å². The summed E-state index contributed by atoms with van der Waals surface area (Å²) in [5.74, 6) is 0.0817. The summed E-state index contributed by atoms with van der Waals surface area (Å²) >= 11 is 0. The van der Waals surface area contributed by atoms with Crippen LogP contribution < -0.4 is 5.32 Å². The Kier molecular flexibility index (Phi) is 5.69. The molecule has 106 valence electrons. The van der Waals surface area contributed by atoms with Crippen LogP contribution in [0.5, 0.6) is 0 Å². The molecule has 0 aromatic carbocycles. The van der Waals surface area contributed by atoms with Crippen LogP contribution in [0.2, 0.25) is 0 Å². The van der Waals surface area contributed by atoms with E-state index < -0.39 is 0 Å². The number of nitrogens with one attached hydrogen (secondary N) is 1. The molecule has 1 amide bonds. The van der Waals surface area contributed by atoms with Gasteiger partial charge in [0, 0.05) is 25.7 Å². The summed E-state index contributed by atoms with van der Waals surface area (Å²) in [7, 11) is 0. The molecule has 5 nitrogen and oxygen atoms in total. The van der Waals surface area contributed by atoms with Crippen molar-refractivity contribution in [3.63, 3.8) is 0 Å². The van der Waals surface area contributed by atoms with Gasteiger partial charge in [-0.2, -0.15) is 10.2 Å². The summed E-state index contributed by atoms with van der Waals surface area (Å²) in [4.78, 5) is 14.4. The average molecular weight is 285 g/mol. The molecule has 1 aromatic heterocycles. The lowest BCUT2D eigenvalue weighted by Gasteiger charge is -2.32. The van der Waals surface area contributed by atoms with E-state index in [0.29, 0.717) is 11.6 Å². The Morgan fingerprint density at radius 2 is 2.26 bits per heavy atom. The van der Waals surface area contributed by atoms with E-state index in [1.165, 1.54) is 0 Å². The van der Waals surface area contributed by atoms with E-state index in [-0.39, 0.29) is 18.3 Å². The molecule has 0 unspecified atom stereocenters. The van der Waals surface area contributed by atoms with Crippen LogP contribution in [0.25, 0.3) is 0 Å². The predicted molar refractivity (Wildman–Crippen MR) is 76.8 cm³/mol. The number of carbonyl (C=O) groups excluding carboxylic acids is 1. The first kappa shape index (κ1) is 15.9. The highest BCUT2D eigenvalue weighted by Crippen LogP contribution is 2.12. The second-order valence-corrected chi connectivity index (χ2v) is 4.81. The van der Waals surface area contributed by atoms with E-state index in [0.717, 1.165) is 37.4 Å². The minimum Gasteiger partial charge on any atom is -0.336 e. The summed E-state index contributed by atoms with van der Waals surface area (Å²) in [6.07, 6.45) is 0.732. The van der Waals surface area contributed by atoms with Gasteiger partial charge in [-0.05, 0) is 26.3 Å². The van der Waals surface area contributed by atoms with E-state index in [9.17, 15) is 4.79 Å². The Bertz CT molecular complexity index is 452. The molecule has 0 radical (unpaired) electrons. The SMILES string of the molecule is CCc1nnc(C)cc1C(=O)N1CCN[C@H](C)C1.Cl. The number of carbonyl (C=O) groups is 1. The van der Waals surface area contributed by atoms with Gasteiger partial charge in [-0.25, -0.2) is 0 Å². The van der Waals surface area contributed by atoms with Crippen LogP contribution in [0.4, 0.5) is 0 Å². The van der Waals surface area contributed by atoms with Gasteiger partial charge in [0.05, 0.1) is 17.0 Å². The molecular weight excluding hydrogens is 264 g/mol. The third kappa shape index (κ3) is 3.64. The summed E-state index contributed by atoms with van der Waals surface area (Å²) in [6, 6.07) is 2.20. The van der Waals surface area contributed by atoms with Crippen molar-refractivity contribution in [3.05, 3.63) is 23.0 Å². The molecule has 2 heterocycles. The molecule has 1 N–H and O–H groups in total. The van der Waals surface area contributed by atoms with E-state index in [4.69, 9.17) is 0 Å². The number of amides is 1. The fourth-order valence-electron chi connectivity index (χ4n) is 2.25. The van der Waals surface area contributed by atoms with E-state index in [2.05, 4.69) is 22.4 Å². The molecule has 1 saturated heterocycles. The molecule has 0 spiro atoms. The van der Waals surface area contributed by atoms with Crippen molar-refractivity contribution in [1.29, 1.82) is 0 Å². The summed E-state index contributed by atoms with van der Waals surface area (Å²) in [6.45, 7) is 8.32. The number of aromatic nitrogens is 2. The van der Waals surface area contributed by atoms with Crippen LogP contribution in [-0.4, -0.2) is 46.7 Å². The molecule has 0 saturated carbocycles. The summed E-state index contributed by atoms with van der Waals surface area (Å²) in [5.41, 5.74) is 2.29. The molecule has 2 rings (SSSR count). The normalized spacial score (nSPS) is 18.9. The van der Waals surface area contributed by atoms with E-state index in [1.807, 2.05) is 24.8 Å². The van der Waals surface area contributed by atoms with Gasteiger partial charge in [-0.1, -0.05) is 6.92 Å². The lowest BCUT2D eigenvalue weighted by Crippen LogP contribution is -2.51. The van der Waals surface area contributed by atoms with Gasteiger partial charge in [-0.3, -0.25) is 4.79 Å². The Morgan fingerprint density at radius 1 is 1.53 bits per heavy atom. The smallest absolute Gasteiger partial charge is 0.255 e. The van der Waals surface area contributed by atoms with Gasteiger partial charge in [0.15, 0.2) is 0 Å². The molecular formula is C13H21ClN4O. The highest BCUT2D eigenvalue weighted by molar-refractivity contribution is 5.95. The molecule has 6 heteroatoms. The third-order valence-electron chi connectivity index (χ3n) is 3.21. The number of halogens is 1. The lowest BCUT2D eigenvalue weighted by atomic mass is 10.1. The number of aryl methyl sites for hydroxylation is 2. The molecule has 0 aliphatic carbocycles. The maximum Gasteiger partial charge on any atom is 0.255 e. The number of hydrogen-bond acceptors (Lipinski definition) is 4. The maximum atomic E-state index is 12.5. The van der Waals surface area contributed by atoms with Crippen LogP contribution in [0.1, 0.15) is 35.6 Å². The zero-order chi connectivity index (χ0) is 13.1. The number of piperazine rings is 1. The van der Waals surface area contributed by atoms with E-state index in [1.54, 1.807) is 0 Å². The highest BCUT2D eigenvalue weighted by atomic mass is 35.5. The second kappa shape index (κ2) is 6.82. The first-order valence-corrected chi connectivity index (χ1v) is 6.47. The summed E-state index contributed by atoms with van der Waals surface area (Å²) in [5, 5.41) is 11.5. The monoisotopic (exact) mass is 284 g/mol. The quantitative estimate of drug-likeness (QED) is 0.887. The molecule has 1 aliphatic rings. The first-order valence-electron chi connectivity index (χ1n) is 6.47.